The van der Waals surface area contributed by atoms with Gasteiger partial charge in [-0.25, -0.2) is 0 Å². The van der Waals surface area contributed by atoms with Crippen LogP contribution in [-0.2, 0) is 9.53 Å². The summed E-state index contributed by atoms with van der Waals surface area (Å²) in [4.78, 5) is 13.6. The molecule has 1 saturated heterocycles. The highest BCUT2D eigenvalue weighted by molar-refractivity contribution is 5.80. The van der Waals surface area contributed by atoms with E-state index in [2.05, 4.69) is 13.8 Å². The minimum Gasteiger partial charge on any atom is -0.368 e. The maximum atomic E-state index is 11.9. The number of carbonyl (C=O) groups is 1. The van der Waals surface area contributed by atoms with Crippen LogP contribution in [0.5, 0.6) is 0 Å². The first-order valence-electron chi connectivity index (χ1n) is 5.53. The molecular weight excluding hydrogens is 192 g/mol. The Morgan fingerprint density at radius 3 is 2.73 bits per heavy atom. The lowest BCUT2D eigenvalue weighted by molar-refractivity contribution is -0.140. The molecule has 0 spiro atoms. The molecule has 0 bridgehead atoms. The summed E-state index contributed by atoms with van der Waals surface area (Å²) in [6.07, 6.45) is 1.63. The van der Waals surface area contributed by atoms with E-state index in [4.69, 9.17) is 10.5 Å². The second-order valence-corrected chi connectivity index (χ2v) is 5.06. The van der Waals surface area contributed by atoms with Crippen LogP contribution >= 0.6 is 0 Å². The smallest absolute Gasteiger partial charge is 0.251 e. The first-order chi connectivity index (χ1) is 6.96. The van der Waals surface area contributed by atoms with Crippen LogP contribution in [0, 0.1) is 5.41 Å². The lowest BCUT2D eigenvalue weighted by Gasteiger charge is -2.30. The molecule has 4 heteroatoms. The minimum atomic E-state index is -0.219. The summed E-state index contributed by atoms with van der Waals surface area (Å²) in [6.45, 7) is 6.10. The Hall–Kier alpha value is -0.610. The SMILES string of the molecule is CN(CC(C)(C)CN)C(=O)[C@@H]1CCCO1. The summed E-state index contributed by atoms with van der Waals surface area (Å²) in [6, 6.07) is 0. The monoisotopic (exact) mass is 214 g/mol. The van der Waals surface area contributed by atoms with Gasteiger partial charge in [0.25, 0.3) is 5.91 Å². The van der Waals surface area contributed by atoms with Gasteiger partial charge in [0.05, 0.1) is 0 Å². The van der Waals surface area contributed by atoms with Gasteiger partial charge in [-0.15, -0.1) is 0 Å². The molecule has 0 radical (unpaired) electrons. The molecule has 0 aromatic rings. The molecule has 4 nitrogen and oxygen atoms in total. The molecule has 0 unspecified atom stereocenters. The first-order valence-corrected chi connectivity index (χ1v) is 5.53. The minimum absolute atomic E-state index is 0.0248. The van der Waals surface area contributed by atoms with Crippen LogP contribution < -0.4 is 5.73 Å². The van der Waals surface area contributed by atoms with Crippen molar-refractivity contribution in [1.82, 2.24) is 4.90 Å². The lowest BCUT2D eigenvalue weighted by Crippen LogP contribution is -2.43. The first kappa shape index (κ1) is 12.5. The normalized spacial score (nSPS) is 21.7. The zero-order valence-electron chi connectivity index (χ0n) is 9.95. The Labute approximate surface area is 91.8 Å². The van der Waals surface area contributed by atoms with E-state index in [1.807, 2.05) is 7.05 Å². The molecule has 1 atom stereocenters. The van der Waals surface area contributed by atoms with Crippen LogP contribution in [0.2, 0.25) is 0 Å². The summed E-state index contributed by atoms with van der Waals surface area (Å²) in [7, 11) is 1.82. The van der Waals surface area contributed by atoms with E-state index in [1.165, 1.54) is 0 Å². The molecule has 1 fully saturated rings. The number of nitrogens with zero attached hydrogens (tertiary/aromatic N) is 1. The highest BCUT2D eigenvalue weighted by Crippen LogP contribution is 2.18. The Morgan fingerprint density at radius 2 is 2.27 bits per heavy atom. The Balaban J connectivity index is 2.45. The summed E-state index contributed by atoms with van der Waals surface area (Å²) < 4.78 is 5.36. The van der Waals surface area contributed by atoms with Crippen LogP contribution in [0.4, 0.5) is 0 Å². The lowest BCUT2D eigenvalue weighted by atomic mass is 9.93. The van der Waals surface area contributed by atoms with Gasteiger partial charge >= 0.3 is 0 Å². The van der Waals surface area contributed by atoms with Gasteiger partial charge < -0.3 is 15.4 Å². The molecule has 15 heavy (non-hydrogen) atoms. The largest absolute Gasteiger partial charge is 0.368 e. The van der Waals surface area contributed by atoms with Crippen molar-refractivity contribution in [1.29, 1.82) is 0 Å². The van der Waals surface area contributed by atoms with E-state index < -0.39 is 0 Å². The van der Waals surface area contributed by atoms with Crippen LogP contribution in [-0.4, -0.2) is 43.7 Å². The molecule has 1 aliphatic rings. The number of nitrogens with two attached hydrogens (primary N) is 1. The van der Waals surface area contributed by atoms with E-state index in [0.717, 1.165) is 12.8 Å². The zero-order valence-corrected chi connectivity index (χ0v) is 9.95. The molecule has 0 saturated carbocycles. The van der Waals surface area contributed by atoms with E-state index in [0.29, 0.717) is 19.7 Å². The standard InChI is InChI=1S/C11H22N2O2/c1-11(2,7-12)8-13(3)10(14)9-5-4-6-15-9/h9H,4-8,12H2,1-3H3/t9-/m0/s1. The number of carbonyl (C=O) groups excluding carboxylic acids is 1. The van der Waals surface area contributed by atoms with Crippen molar-refractivity contribution in [2.75, 3.05) is 26.7 Å². The van der Waals surface area contributed by atoms with Crippen LogP contribution in [0.1, 0.15) is 26.7 Å². The average molecular weight is 214 g/mol. The van der Waals surface area contributed by atoms with Crippen molar-refractivity contribution < 1.29 is 9.53 Å². The molecule has 1 aliphatic heterocycles. The molecule has 2 N–H and O–H groups in total. The van der Waals surface area contributed by atoms with E-state index in [-0.39, 0.29) is 17.4 Å². The third-order valence-electron chi connectivity index (χ3n) is 2.80. The maximum absolute atomic E-state index is 11.9. The quantitative estimate of drug-likeness (QED) is 0.746. The third kappa shape index (κ3) is 3.47. The van der Waals surface area contributed by atoms with Gasteiger partial charge in [-0.3, -0.25) is 4.79 Å². The van der Waals surface area contributed by atoms with E-state index in [1.54, 1.807) is 4.90 Å². The summed E-state index contributed by atoms with van der Waals surface area (Å²) in [5, 5.41) is 0. The fourth-order valence-corrected chi connectivity index (χ4v) is 1.80. The number of ether oxygens (including phenoxy) is 1. The Kier molecular flexibility index (Phi) is 4.11. The van der Waals surface area contributed by atoms with Crippen molar-refractivity contribution >= 4 is 5.91 Å². The number of amides is 1. The second kappa shape index (κ2) is 4.94. The summed E-state index contributed by atoms with van der Waals surface area (Å²) in [5.41, 5.74) is 5.61. The van der Waals surface area contributed by atoms with Crippen molar-refractivity contribution in [3.05, 3.63) is 0 Å². The van der Waals surface area contributed by atoms with Gasteiger partial charge in [-0.2, -0.15) is 0 Å². The summed E-state index contributed by atoms with van der Waals surface area (Å²) in [5.74, 6) is 0.0917. The number of rotatable bonds is 4. The average Bonchev–Trinajstić information content (AvgIpc) is 2.68. The van der Waals surface area contributed by atoms with Crippen LogP contribution in [0.25, 0.3) is 0 Å². The number of hydrogen-bond acceptors (Lipinski definition) is 3. The highest BCUT2D eigenvalue weighted by Gasteiger charge is 2.29. The van der Waals surface area contributed by atoms with E-state index >= 15 is 0 Å². The van der Waals surface area contributed by atoms with Crippen LogP contribution in [0.15, 0.2) is 0 Å². The predicted octanol–water partition coefficient (Wildman–Crippen LogP) is 0.609. The Morgan fingerprint density at radius 1 is 1.60 bits per heavy atom. The van der Waals surface area contributed by atoms with Crippen molar-refractivity contribution in [2.24, 2.45) is 11.1 Å². The Bertz CT molecular complexity index is 223. The van der Waals surface area contributed by atoms with Gasteiger partial charge in [0, 0.05) is 20.2 Å². The number of likely N-dealkylation sites (N-methyl/N-ethyl adjacent to an activating group) is 1. The van der Waals surface area contributed by atoms with E-state index in [9.17, 15) is 4.79 Å². The van der Waals surface area contributed by atoms with Gasteiger partial charge in [-0.1, -0.05) is 13.8 Å². The second-order valence-electron chi connectivity index (χ2n) is 5.06. The van der Waals surface area contributed by atoms with Crippen molar-refractivity contribution in [2.45, 2.75) is 32.8 Å². The fourth-order valence-electron chi connectivity index (χ4n) is 1.80. The molecule has 88 valence electrons. The number of hydrogen-bond donors (Lipinski definition) is 1. The molecule has 1 amide bonds. The molecular formula is C11H22N2O2. The zero-order chi connectivity index (χ0) is 11.5. The highest BCUT2D eigenvalue weighted by atomic mass is 16.5. The maximum Gasteiger partial charge on any atom is 0.251 e. The molecule has 0 aromatic carbocycles. The molecule has 0 aliphatic carbocycles. The van der Waals surface area contributed by atoms with Crippen LogP contribution in [0.3, 0.4) is 0 Å². The fraction of sp³-hybridized carbons (Fsp3) is 0.909. The van der Waals surface area contributed by atoms with Crippen molar-refractivity contribution in [3.63, 3.8) is 0 Å². The molecule has 0 aromatic heterocycles. The van der Waals surface area contributed by atoms with Gasteiger partial charge in [0.2, 0.25) is 0 Å². The summed E-state index contributed by atoms with van der Waals surface area (Å²) >= 11 is 0. The van der Waals surface area contributed by atoms with Gasteiger partial charge in [0.15, 0.2) is 0 Å². The topological polar surface area (TPSA) is 55.6 Å². The van der Waals surface area contributed by atoms with Gasteiger partial charge in [0.1, 0.15) is 6.10 Å². The molecule has 1 rings (SSSR count). The van der Waals surface area contributed by atoms with Gasteiger partial charge in [-0.05, 0) is 24.8 Å². The van der Waals surface area contributed by atoms with Crippen molar-refractivity contribution in [3.8, 4) is 0 Å². The molecule has 1 heterocycles. The predicted molar refractivity (Wildman–Crippen MR) is 59.4 cm³/mol. The third-order valence-corrected chi connectivity index (χ3v) is 2.80.